The monoisotopic (exact) mass is 554 g/mol. The van der Waals surface area contributed by atoms with E-state index in [1.807, 2.05) is 13.8 Å². The SMILES string of the molecule is CNC(=O)NCc1cccc([C@H](NC(=O)[C@@H]2C[C@@H](F)CN2C(=O)Cc2cn[nH]n2)c2ccc(C(C)C)c(F)n2)c1. The van der Waals surface area contributed by atoms with E-state index in [9.17, 15) is 23.2 Å². The number of nitrogens with zero attached hydrogens (tertiary/aromatic N) is 4. The molecule has 3 aromatic rings. The van der Waals surface area contributed by atoms with E-state index < -0.39 is 36.0 Å². The van der Waals surface area contributed by atoms with Gasteiger partial charge in [-0.25, -0.2) is 14.2 Å². The molecule has 1 aliphatic rings. The third-order valence-electron chi connectivity index (χ3n) is 6.74. The van der Waals surface area contributed by atoms with E-state index in [-0.39, 0.29) is 43.6 Å². The first-order valence-corrected chi connectivity index (χ1v) is 13.0. The molecule has 4 rings (SSSR count). The van der Waals surface area contributed by atoms with Crippen molar-refractivity contribution in [3.8, 4) is 0 Å². The fourth-order valence-corrected chi connectivity index (χ4v) is 4.65. The van der Waals surface area contributed by atoms with Crippen LogP contribution in [0.2, 0.25) is 0 Å². The van der Waals surface area contributed by atoms with Gasteiger partial charge in [-0.2, -0.15) is 19.8 Å². The molecule has 0 radical (unpaired) electrons. The first-order valence-electron chi connectivity index (χ1n) is 13.0. The number of urea groups is 1. The molecule has 212 valence electrons. The summed E-state index contributed by atoms with van der Waals surface area (Å²) in [7, 11) is 1.50. The number of pyridine rings is 1. The third kappa shape index (κ3) is 6.77. The zero-order valence-electron chi connectivity index (χ0n) is 22.4. The van der Waals surface area contributed by atoms with Gasteiger partial charge in [-0.1, -0.05) is 44.2 Å². The van der Waals surface area contributed by atoms with Gasteiger partial charge >= 0.3 is 6.03 Å². The average Bonchev–Trinajstić information content (AvgIpc) is 3.59. The van der Waals surface area contributed by atoms with Gasteiger partial charge in [-0.15, -0.1) is 0 Å². The van der Waals surface area contributed by atoms with Crippen molar-refractivity contribution in [2.75, 3.05) is 13.6 Å². The Bertz CT molecular complexity index is 1350. The van der Waals surface area contributed by atoms with Crippen molar-refractivity contribution in [2.24, 2.45) is 0 Å². The summed E-state index contributed by atoms with van der Waals surface area (Å²) in [6.07, 6.45) is -0.303. The number of aromatic nitrogens is 4. The van der Waals surface area contributed by atoms with Gasteiger partial charge in [0.1, 0.15) is 12.2 Å². The van der Waals surface area contributed by atoms with Crippen molar-refractivity contribution in [1.82, 2.24) is 41.2 Å². The first kappa shape index (κ1) is 28.6. The van der Waals surface area contributed by atoms with Crippen LogP contribution in [0.25, 0.3) is 0 Å². The fraction of sp³-hybridized carbons (Fsp3) is 0.407. The molecule has 2 aromatic heterocycles. The van der Waals surface area contributed by atoms with E-state index in [2.05, 4.69) is 36.3 Å². The second-order valence-corrected chi connectivity index (χ2v) is 9.92. The molecule has 11 nitrogen and oxygen atoms in total. The Morgan fingerprint density at radius 3 is 2.67 bits per heavy atom. The first-order chi connectivity index (χ1) is 19.2. The summed E-state index contributed by atoms with van der Waals surface area (Å²) < 4.78 is 29.5. The van der Waals surface area contributed by atoms with Crippen molar-refractivity contribution < 1.29 is 23.2 Å². The van der Waals surface area contributed by atoms with Crippen LogP contribution >= 0.6 is 0 Å². The summed E-state index contributed by atoms with van der Waals surface area (Å²) in [6.45, 7) is 3.68. The van der Waals surface area contributed by atoms with Crippen LogP contribution in [0.3, 0.4) is 0 Å². The Hall–Kier alpha value is -4.42. The highest BCUT2D eigenvalue weighted by atomic mass is 19.1. The molecule has 40 heavy (non-hydrogen) atoms. The second kappa shape index (κ2) is 12.6. The van der Waals surface area contributed by atoms with E-state index >= 15 is 0 Å². The van der Waals surface area contributed by atoms with Crippen molar-refractivity contribution in [3.63, 3.8) is 0 Å². The number of likely N-dealkylation sites (tertiary alicyclic amines) is 1. The molecule has 3 heterocycles. The van der Waals surface area contributed by atoms with Crippen LogP contribution in [-0.4, -0.2) is 68.9 Å². The van der Waals surface area contributed by atoms with Gasteiger partial charge in [0.15, 0.2) is 0 Å². The number of H-pyrrole nitrogens is 1. The van der Waals surface area contributed by atoms with Crippen molar-refractivity contribution in [2.45, 2.75) is 57.4 Å². The van der Waals surface area contributed by atoms with Gasteiger partial charge in [0.2, 0.25) is 17.8 Å². The molecular weight excluding hydrogens is 522 g/mol. The lowest BCUT2D eigenvalue weighted by Crippen LogP contribution is -2.47. The normalized spacial score (nSPS) is 17.5. The number of benzene rings is 1. The van der Waals surface area contributed by atoms with Crippen LogP contribution in [0.1, 0.15) is 60.3 Å². The molecular formula is C27H32F2N8O3. The Kier molecular flexibility index (Phi) is 9.02. The number of hydrogen-bond donors (Lipinski definition) is 4. The molecule has 1 fully saturated rings. The molecule has 4 amide bonds. The van der Waals surface area contributed by atoms with Gasteiger partial charge in [0, 0.05) is 25.6 Å². The number of amides is 4. The van der Waals surface area contributed by atoms with Crippen LogP contribution < -0.4 is 16.0 Å². The van der Waals surface area contributed by atoms with E-state index in [1.165, 1.54) is 18.1 Å². The summed E-state index contributed by atoms with van der Waals surface area (Å²) in [4.78, 5) is 43.5. The molecule has 13 heteroatoms. The fourth-order valence-electron chi connectivity index (χ4n) is 4.65. The lowest BCUT2D eigenvalue weighted by molar-refractivity contribution is -0.138. The summed E-state index contributed by atoms with van der Waals surface area (Å²) >= 11 is 0. The molecule has 1 aromatic carbocycles. The van der Waals surface area contributed by atoms with E-state index in [0.29, 0.717) is 16.8 Å². The predicted octanol–water partition coefficient (Wildman–Crippen LogP) is 2.28. The molecule has 0 spiro atoms. The Morgan fingerprint density at radius 2 is 2.00 bits per heavy atom. The number of aromatic amines is 1. The minimum atomic E-state index is -1.38. The van der Waals surface area contributed by atoms with Gasteiger partial charge in [0.25, 0.3) is 0 Å². The molecule has 0 saturated carbocycles. The molecule has 4 N–H and O–H groups in total. The Balaban J connectivity index is 1.62. The van der Waals surface area contributed by atoms with Crippen molar-refractivity contribution in [3.05, 3.63) is 76.6 Å². The van der Waals surface area contributed by atoms with Gasteiger partial charge in [-0.05, 0) is 23.1 Å². The van der Waals surface area contributed by atoms with Crippen LogP contribution in [0.5, 0.6) is 0 Å². The number of alkyl halides is 1. The van der Waals surface area contributed by atoms with Crippen LogP contribution in [0.15, 0.2) is 42.6 Å². The number of rotatable bonds is 9. The van der Waals surface area contributed by atoms with Crippen molar-refractivity contribution in [1.29, 1.82) is 0 Å². The topological polar surface area (TPSA) is 145 Å². The lowest BCUT2D eigenvalue weighted by atomic mass is 9.98. The van der Waals surface area contributed by atoms with Crippen LogP contribution in [0, 0.1) is 5.95 Å². The maximum absolute atomic E-state index is 14.9. The number of carbonyl (C=O) groups excluding carboxylic acids is 3. The summed E-state index contributed by atoms with van der Waals surface area (Å²) in [5.74, 6) is -1.81. The summed E-state index contributed by atoms with van der Waals surface area (Å²) in [5, 5.41) is 18.0. The van der Waals surface area contributed by atoms with Gasteiger partial charge < -0.3 is 20.9 Å². The highest BCUT2D eigenvalue weighted by Gasteiger charge is 2.40. The number of halogens is 2. The van der Waals surface area contributed by atoms with Gasteiger partial charge in [0.05, 0.1) is 36.6 Å². The second-order valence-electron chi connectivity index (χ2n) is 9.92. The van der Waals surface area contributed by atoms with E-state index in [4.69, 9.17) is 0 Å². The van der Waals surface area contributed by atoms with Gasteiger partial charge in [-0.3, -0.25) is 9.59 Å². The standard InChI is InChI=1S/C27H32F2N8O3/c1-15(2)20-7-8-21(33-25(20)29)24(17-6-4-5-16(9-17)12-31-27(40)30-3)34-26(39)22-10-18(28)14-37(22)23(38)11-19-13-32-36-35-19/h4-9,13,15,18,22,24H,10-12,14H2,1-3H3,(H,34,39)(H2,30,31,40)(H,32,35,36)/t18-,22+,24+/m1/s1. The van der Waals surface area contributed by atoms with Crippen LogP contribution in [0.4, 0.5) is 13.6 Å². The molecule has 0 unspecified atom stereocenters. The summed E-state index contributed by atoms with van der Waals surface area (Å²) in [5.41, 5.74) is 2.34. The molecule has 3 atom stereocenters. The minimum absolute atomic E-state index is 0.0991. The smallest absolute Gasteiger partial charge is 0.314 e. The maximum atomic E-state index is 14.9. The Morgan fingerprint density at radius 1 is 1.20 bits per heavy atom. The highest BCUT2D eigenvalue weighted by Crippen LogP contribution is 2.27. The van der Waals surface area contributed by atoms with Crippen molar-refractivity contribution >= 4 is 17.8 Å². The Labute approximate surface area is 230 Å². The highest BCUT2D eigenvalue weighted by molar-refractivity contribution is 5.89. The molecule has 0 aliphatic carbocycles. The molecule has 1 aliphatic heterocycles. The van der Waals surface area contributed by atoms with E-state index in [1.54, 1.807) is 36.4 Å². The quantitative estimate of drug-likeness (QED) is 0.299. The molecule has 0 bridgehead atoms. The number of carbonyl (C=O) groups is 3. The molecule has 1 saturated heterocycles. The predicted molar refractivity (Wildman–Crippen MR) is 141 cm³/mol. The summed E-state index contributed by atoms with van der Waals surface area (Å²) in [6, 6.07) is 7.96. The zero-order valence-corrected chi connectivity index (χ0v) is 22.4. The minimum Gasteiger partial charge on any atom is -0.342 e. The number of nitrogens with one attached hydrogen (secondary N) is 4. The maximum Gasteiger partial charge on any atom is 0.314 e. The van der Waals surface area contributed by atoms with E-state index in [0.717, 1.165) is 5.56 Å². The largest absolute Gasteiger partial charge is 0.342 e. The lowest BCUT2D eigenvalue weighted by Gasteiger charge is -2.27. The third-order valence-corrected chi connectivity index (χ3v) is 6.74. The number of hydrogen-bond acceptors (Lipinski definition) is 6. The average molecular weight is 555 g/mol. The zero-order chi connectivity index (χ0) is 28.8. The van der Waals surface area contributed by atoms with Crippen LogP contribution in [-0.2, 0) is 22.6 Å².